The van der Waals surface area contributed by atoms with Gasteiger partial charge in [0.15, 0.2) is 0 Å². The van der Waals surface area contributed by atoms with Gasteiger partial charge in [-0.25, -0.2) is 0 Å². The third-order valence-corrected chi connectivity index (χ3v) is 2.08. The summed E-state index contributed by atoms with van der Waals surface area (Å²) in [6.45, 7) is 1.00. The Morgan fingerprint density at radius 1 is 1.38 bits per heavy atom. The van der Waals surface area contributed by atoms with Crippen LogP contribution in [0, 0.1) is 0 Å². The second-order valence-corrected chi connectivity index (χ2v) is 2.99. The van der Waals surface area contributed by atoms with Crippen molar-refractivity contribution in [2.45, 2.75) is 12.5 Å². The molecule has 3 heteroatoms. The minimum absolute atomic E-state index is 0.355. The Bertz CT molecular complexity index is 223. The summed E-state index contributed by atoms with van der Waals surface area (Å²) in [5, 5.41) is 6.39. The summed E-state index contributed by atoms with van der Waals surface area (Å²) in [5.41, 5.74) is 1.11. The molecule has 0 aliphatic rings. The highest BCUT2D eigenvalue weighted by atomic mass is 14.9. The molecular weight excluding hydrogens is 162 g/mol. The van der Waals surface area contributed by atoms with Gasteiger partial charge in [0, 0.05) is 6.20 Å². The SMILES string of the molecule is CNCCC(NC)c1ccccn1. The lowest BCUT2D eigenvalue weighted by Crippen LogP contribution is -2.22. The second kappa shape index (κ2) is 5.67. The van der Waals surface area contributed by atoms with Crippen LogP contribution in [0.1, 0.15) is 18.2 Å². The maximum absolute atomic E-state index is 4.31. The topological polar surface area (TPSA) is 37.0 Å². The zero-order chi connectivity index (χ0) is 9.52. The molecule has 1 atom stereocenters. The van der Waals surface area contributed by atoms with Crippen LogP contribution in [-0.4, -0.2) is 25.6 Å². The molecule has 0 spiro atoms. The highest BCUT2D eigenvalue weighted by Crippen LogP contribution is 2.11. The zero-order valence-corrected chi connectivity index (χ0v) is 8.25. The van der Waals surface area contributed by atoms with Gasteiger partial charge in [-0.3, -0.25) is 4.98 Å². The molecule has 72 valence electrons. The van der Waals surface area contributed by atoms with Gasteiger partial charge in [-0.05, 0) is 39.2 Å². The van der Waals surface area contributed by atoms with Crippen LogP contribution in [0.15, 0.2) is 24.4 Å². The fourth-order valence-corrected chi connectivity index (χ4v) is 1.31. The van der Waals surface area contributed by atoms with Gasteiger partial charge in [-0.1, -0.05) is 6.07 Å². The van der Waals surface area contributed by atoms with Crippen molar-refractivity contribution in [3.05, 3.63) is 30.1 Å². The van der Waals surface area contributed by atoms with Gasteiger partial charge in [0.25, 0.3) is 0 Å². The van der Waals surface area contributed by atoms with E-state index in [9.17, 15) is 0 Å². The van der Waals surface area contributed by atoms with E-state index in [0.717, 1.165) is 18.7 Å². The maximum atomic E-state index is 4.31. The van der Waals surface area contributed by atoms with Gasteiger partial charge in [0.2, 0.25) is 0 Å². The van der Waals surface area contributed by atoms with E-state index in [0.29, 0.717) is 6.04 Å². The van der Waals surface area contributed by atoms with Crippen LogP contribution in [0.25, 0.3) is 0 Å². The van der Waals surface area contributed by atoms with Gasteiger partial charge < -0.3 is 10.6 Å². The Balaban J connectivity index is 2.56. The van der Waals surface area contributed by atoms with Crippen LogP contribution >= 0.6 is 0 Å². The maximum Gasteiger partial charge on any atom is 0.0573 e. The number of hydrogen-bond acceptors (Lipinski definition) is 3. The molecule has 0 aliphatic heterocycles. The van der Waals surface area contributed by atoms with Crippen LogP contribution in [0.5, 0.6) is 0 Å². The molecule has 13 heavy (non-hydrogen) atoms. The number of nitrogens with one attached hydrogen (secondary N) is 2. The van der Waals surface area contributed by atoms with Crippen molar-refractivity contribution in [1.82, 2.24) is 15.6 Å². The summed E-state index contributed by atoms with van der Waals surface area (Å²) in [5.74, 6) is 0. The Kier molecular flexibility index (Phi) is 4.43. The number of aromatic nitrogens is 1. The molecular formula is C10H17N3. The van der Waals surface area contributed by atoms with Gasteiger partial charge >= 0.3 is 0 Å². The Labute approximate surface area is 79.6 Å². The molecule has 1 rings (SSSR count). The molecule has 0 aromatic carbocycles. The summed E-state index contributed by atoms with van der Waals surface area (Å²) >= 11 is 0. The quantitative estimate of drug-likeness (QED) is 0.706. The molecule has 0 radical (unpaired) electrons. The fourth-order valence-electron chi connectivity index (χ4n) is 1.31. The minimum atomic E-state index is 0.355. The third kappa shape index (κ3) is 3.13. The first kappa shape index (κ1) is 10.2. The molecule has 2 N–H and O–H groups in total. The zero-order valence-electron chi connectivity index (χ0n) is 8.25. The lowest BCUT2D eigenvalue weighted by atomic mass is 10.1. The Hall–Kier alpha value is -0.930. The predicted octanol–water partition coefficient (Wildman–Crippen LogP) is 0.952. The van der Waals surface area contributed by atoms with E-state index in [-0.39, 0.29) is 0 Å². The molecule has 0 saturated carbocycles. The van der Waals surface area contributed by atoms with Crippen molar-refractivity contribution in [3.8, 4) is 0 Å². The largest absolute Gasteiger partial charge is 0.320 e. The van der Waals surface area contributed by atoms with E-state index in [2.05, 4.69) is 21.7 Å². The first-order valence-electron chi connectivity index (χ1n) is 4.61. The average Bonchev–Trinajstić information content (AvgIpc) is 2.21. The van der Waals surface area contributed by atoms with Crippen LogP contribution in [0.4, 0.5) is 0 Å². The van der Waals surface area contributed by atoms with Gasteiger partial charge in [-0.2, -0.15) is 0 Å². The van der Waals surface area contributed by atoms with Gasteiger partial charge in [0.1, 0.15) is 0 Å². The highest BCUT2D eigenvalue weighted by Gasteiger charge is 2.08. The van der Waals surface area contributed by atoms with E-state index in [1.807, 2.05) is 32.4 Å². The van der Waals surface area contributed by atoms with Gasteiger partial charge in [-0.15, -0.1) is 0 Å². The molecule has 1 aromatic heterocycles. The first-order valence-corrected chi connectivity index (χ1v) is 4.61. The van der Waals surface area contributed by atoms with E-state index >= 15 is 0 Å². The van der Waals surface area contributed by atoms with Gasteiger partial charge in [0.05, 0.1) is 11.7 Å². The second-order valence-electron chi connectivity index (χ2n) is 2.99. The third-order valence-electron chi connectivity index (χ3n) is 2.08. The van der Waals surface area contributed by atoms with E-state index in [1.165, 1.54) is 0 Å². The number of nitrogens with zero attached hydrogens (tertiary/aromatic N) is 1. The van der Waals surface area contributed by atoms with Crippen molar-refractivity contribution >= 4 is 0 Å². The molecule has 0 saturated heterocycles. The Morgan fingerprint density at radius 3 is 2.77 bits per heavy atom. The number of pyridine rings is 1. The first-order chi connectivity index (χ1) is 6.38. The predicted molar refractivity (Wildman–Crippen MR) is 54.6 cm³/mol. The van der Waals surface area contributed by atoms with Crippen molar-refractivity contribution < 1.29 is 0 Å². The fraction of sp³-hybridized carbons (Fsp3) is 0.500. The smallest absolute Gasteiger partial charge is 0.0573 e. The Morgan fingerprint density at radius 2 is 2.23 bits per heavy atom. The van der Waals surface area contributed by atoms with Crippen molar-refractivity contribution in [3.63, 3.8) is 0 Å². The summed E-state index contributed by atoms with van der Waals surface area (Å²) in [6.07, 6.45) is 2.89. The van der Waals surface area contributed by atoms with E-state index < -0.39 is 0 Å². The normalized spacial score (nSPS) is 12.8. The van der Waals surface area contributed by atoms with Crippen molar-refractivity contribution in [2.24, 2.45) is 0 Å². The summed E-state index contributed by atoms with van der Waals surface area (Å²) in [7, 11) is 3.93. The van der Waals surface area contributed by atoms with Crippen LogP contribution in [0.3, 0.4) is 0 Å². The highest BCUT2D eigenvalue weighted by molar-refractivity contribution is 5.08. The number of hydrogen-bond donors (Lipinski definition) is 2. The molecule has 1 aromatic rings. The lowest BCUT2D eigenvalue weighted by molar-refractivity contribution is 0.521. The minimum Gasteiger partial charge on any atom is -0.320 e. The van der Waals surface area contributed by atoms with Crippen molar-refractivity contribution in [2.75, 3.05) is 20.6 Å². The van der Waals surface area contributed by atoms with Crippen LogP contribution in [0.2, 0.25) is 0 Å². The number of rotatable bonds is 5. The summed E-state index contributed by atoms with van der Waals surface area (Å²) in [6, 6.07) is 6.37. The monoisotopic (exact) mass is 179 g/mol. The molecule has 3 nitrogen and oxygen atoms in total. The molecule has 1 heterocycles. The van der Waals surface area contributed by atoms with E-state index in [4.69, 9.17) is 0 Å². The summed E-state index contributed by atoms with van der Waals surface area (Å²) in [4.78, 5) is 4.31. The molecule has 0 amide bonds. The lowest BCUT2D eigenvalue weighted by Gasteiger charge is -2.14. The molecule has 1 unspecified atom stereocenters. The van der Waals surface area contributed by atoms with Crippen LogP contribution < -0.4 is 10.6 Å². The van der Waals surface area contributed by atoms with E-state index in [1.54, 1.807) is 0 Å². The van der Waals surface area contributed by atoms with Crippen molar-refractivity contribution in [1.29, 1.82) is 0 Å². The molecule has 0 fully saturated rings. The average molecular weight is 179 g/mol. The molecule has 0 bridgehead atoms. The molecule has 0 aliphatic carbocycles. The van der Waals surface area contributed by atoms with Crippen LogP contribution in [-0.2, 0) is 0 Å². The standard InChI is InChI=1S/C10H17N3/c1-11-8-6-9(12-2)10-5-3-4-7-13-10/h3-5,7,9,11-12H,6,8H2,1-2H3. The summed E-state index contributed by atoms with van der Waals surface area (Å²) < 4.78 is 0.